The van der Waals surface area contributed by atoms with E-state index in [-0.39, 0.29) is 19.8 Å². The molecule has 3 aromatic carbocycles. The zero-order valence-corrected chi connectivity index (χ0v) is 16.7. The van der Waals surface area contributed by atoms with Gasteiger partial charge in [0, 0.05) is 5.56 Å². The van der Waals surface area contributed by atoms with Crippen molar-refractivity contribution >= 4 is 29.0 Å². The van der Waals surface area contributed by atoms with Crippen LogP contribution < -0.4 is 15.5 Å². The molecule has 7 nitrogen and oxygen atoms in total. The van der Waals surface area contributed by atoms with Gasteiger partial charge in [0.15, 0.2) is 0 Å². The average molecular weight is 415 g/mol. The molecule has 0 aromatic heterocycles. The fourth-order valence-electron chi connectivity index (χ4n) is 2.79. The molecule has 0 bridgehead atoms. The summed E-state index contributed by atoms with van der Waals surface area (Å²) in [5.41, 5.74) is 3.91. The topological polar surface area (TPSA) is 89.0 Å². The van der Waals surface area contributed by atoms with Crippen LogP contribution in [0.5, 0.6) is 5.75 Å². The molecule has 3 aromatic rings. The number of amides is 2. The summed E-state index contributed by atoms with van der Waals surface area (Å²) in [5, 5.41) is 8.25. The van der Waals surface area contributed by atoms with Crippen molar-refractivity contribution in [3.8, 4) is 18.1 Å². The van der Waals surface area contributed by atoms with Crippen LogP contribution in [-0.2, 0) is 16.1 Å². The number of hydrazone groups is 1. The first-order chi connectivity index (χ1) is 15.2. The summed E-state index contributed by atoms with van der Waals surface area (Å²) >= 11 is 0. The highest BCUT2D eigenvalue weighted by Crippen LogP contribution is 2.26. The molecule has 0 unspecified atom stereocenters. The molecule has 0 aliphatic rings. The number of fused-ring (bicyclic) bond motifs is 1. The first-order valence-corrected chi connectivity index (χ1v) is 9.52. The summed E-state index contributed by atoms with van der Waals surface area (Å²) in [6, 6.07) is 20.7. The summed E-state index contributed by atoms with van der Waals surface area (Å²) < 4.78 is 10.6. The average Bonchev–Trinajstić information content (AvgIpc) is 2.81. The van der Waals surface area contributed by atoms with E-state index in [2.05, 4.69) is 21.8 Å². The smallest absolute Gasteiger partial charge is 0.407 e. The van der Waals surface area contributed by atoms with Crippen molar-refractivity contribution in [2.75, 3.05) is 13.2 Å². The lowest BCUT2D eigenvalue weighted by Crippen LogP contribution is -2.35. The van der Waals surface area contributed by atoms with Crippen LogP contribution in [0, 0.1) is 12.3 Å². The fraction of sp³-hybridized carbons (Fsp3) is 0.125. The summed E-state index contributed by atoms with van der Waals surface area (Å²) in [6.07, 6.45) is 6.07. The third kappa shape index (κ3) is 6.34. The second-order valence-electron chi connectivity index (χ2n) is 6.40. The monoisotopic (exact) mass is 415 g/mol. The van der Waals surface area contributed by atoms with Crippen LogP contribution in [0.2, 0.25) is 0 Å². The Balaban J connectivity index is 1.55. The molecule has 0 radical (unpaired) electrons. The predicted molar refractivity (Wildman–Crippen MR) is 119 cm³/mol. The Hall–Kier alpha value is -4.31. The number of ether oxygens (including phenoxy) is 2. The highest BCUT2D eigenvalue weighted by molar-refractivity contribution is 6.02. The van der Waals surface area contributed by atoms with Crippen molar-refractivity contribution in [1.82, 2.24) is 10.7 Å². The largest absolute Gasteiger partial charge is 0.480 e. The van der Waals surface area contributed by atoms with Crippen molar-refractivity contribution < 1.29 is 19.1 Å². The number of alkyl carbamates (subject to hydrolysis) is 1. The van der Waals surface area contributed by atoms with E-state index in [1.807, 2.05) is 60.7 Å². The Morgan fingerprint density at radius 3 is 2.61 bits per heavy atom. The number of rotatable bonds is 8. The summed E-state index contributed by atoms with van der Waals surface area (Å²) in [7, 11) is 0. The molecule has 2 N–H and O–H groups in total. The minimum atomic E-state index is -0.693. The van der Waals surface area contributed by atoms with Gasteiger partial charge in [0.25, 0.3) is 5.91 Å². The molecule has 0 saturated heterocycles. The number of terminal acetylenes is 1. The van der Waals surface area contributed by atoms with E-state index in [0.29, 0.717) is 11.3 Å². The summed E-state index contributed by atoms with van der Waals surface area (Å²) in [5.74, 6) is 2.48. The number of nitrogens with zero attached hydrogens (tertiary/aromatic N) is 1. The van der Waals surface area contributed by atoms with Crippen LogP contribution in [0.4, 0.5) is 4.79 Å². The number of carbonyl (C=O) groups is 2. The minimum absolute atomic E-state index is 0.112. The van der Waals surface area contributed by atoms with Gasteiger partial charge < -0.3 is 14.8 Å². The second kappa shape index (κ2) is 11.0. The van der Waals surface area contributed by atoms with E-state index in [0.717, 1.165) is 16.3 Å². The van der Waals surface area contributed by atoms with Crippen LogP contribution in [0.25, 0.3) is 10.8 Å². The van der Waals surface area contributed by atoms with Crippen molar-refractivity contribution in [3.05, 3.63) is 77.9 Å². The third-order valence-electron chi connectivity index (χ3n) is 4.23. The highest BCUT2D eigenvalue weighted by Gasteiger charge is 2.08. The van der Waals surface area contributed by atoms with Crippen molar-refractivity contribution in [2.45, 2.75) is 6.61 Å². The normalized spacial score (nSPS) is 10.4. The predicted octanol–water partition coefficient (Wildman–Crippen LogP) is 3.23. The molecule has 0 fully saturated rings. The van der Waals surface area contributed by atoms with Gasteiger partial charge in [-0.3, -0.25) is 4.79 Å². The summed E-state index contributed by atoms with van der Waals surface area (Å²) in [4.78, 5) is 23.7. The van der Waals surface area contributed by atoms with E-state index in [1.54, 1.807) is 6.07 Å². The Morgan fingerprint density at radius 1 is 1.03 bits per heavy atom. The molecule has 7 heteroatoms. The van der Waals surface area contributed by atoms with E-state index in [9.17, 15) is 9.59 Å². The number of nitrogens with one attached hydrogen (secondary N) is 2. The standard InChI is InChI=1S/C24H21N3O4/c1-2-14-30-22-13-12-19-10-6-7-11-20(19)21(22)15-26-27-23(28)16-25-24(29)31-17-18-8-4-3-5-9-18/h1,3-13,15H,14,16-17H2,(H,25,29)(H,27,28)/b26-15-. The second-order valence-corrected chi connectivity index (χ2v) is 6.40. The third-order valence-corrected chi connectivity index (χ3v) is 4.23. The molecule has 156 valence electrons. The van der Waals surface area contributed by atoms with Gasteiger partial charge in [-0.1, -0.05) is 66.6 Å². The lowest BCUT2D eigenvalue weighted by atomic mass is 10.0. The van der Waals surface area contributed by atoms with Crippen LogP contribution in [0.3, 0.4) is 0 Å². The van der Waals surface area contributed by atoms with Crippen LogP contribution in [0.1, 0.15) is 11.1 Å². The fourth-order valence-corrected chi connectivity index (χ4v) is 2.79. The van der Waals surface area contributed by atoms with E-state index >= 15 is 0 Å². The number of hydrogen-bond acceptors (Lipinski definition) is 5. The lowest BCUT2D eigenvalue weighted by molar-refractivity contribution is -0.120. The molecular weight excluding hydrogens is 394 g/mol. The quantitative estimate of drug-likeness (QED) is 0.336. The molecule has 0 atom stereocenters. The van der Waals surface area contributed by atoms with E-state index in [1.165, 1.54) is 6.21 Å². The SMILES string of the molecule is C#CCOc1ccc2ccccc2c1/C=N\NC(=O)CNC(=O)OCc1ccccc1. The van der Waals surface area contributed by atoms with Gasteiger partial charge >= 0.3 is 6.09 Å². The van der Waals surface area contributed by atoms with Gasteiger partial charge in [-0.15, -0.1) is 6.42 Å². The van der Waals surface area contributed by atoms with Gasteiger partial charge in [-0.2, -0.15) is 5.10 Å². The van der Waals surface area contributed by atoms with Crippen LogP contribution >= 0.6 is 0 Å². The summed E-state index contributed by atoms with van der Waals surface area (Å²) in [6.45, 7) is -0.0462. The molecular formula is C24H21N3O4. The molecule has 3 rings (SSSR count). The Bertz CT molecular complexity index is 1120. The molecule has 0 saturated carbocycles. The molecule has 0 aliphatic heterocycles. The minimum Gasteiger partial charge on any atom is -0.480 e. The Morgan fingerprint density at radius 2 is 1.81 bits per heavy atom. The van der Waals surface area contributed by atoms with Gasteiger partial charge in [0.1, 0.15) is 25.5 Å². The Kier molecular flexibility index (Phi) is 7.61. The molecule has 31 heavy (non-hydrogen) atoms. The first kappa shape index (κ1) is 21.4. The van der Waals surface area contributed by atoms with Crippen LogP contribution in [0.15, 0.2) is 71.8 Å². The highest BCUT2D eigenvalue weighted by atomic mass is 16.5. The maximum absolute atomic E-state index is 12.0. The molecule has 0 spiro atoms. The van der Waals surface area contributed by atoms with Crippen LogP contribution in [-0.4, -0.2) is 31.4 Å². The number of benzene rings is 3. The maximum Gasteiger partial charge on any atom is 0.407 e. The lowest BCUT2D eigenvalue weighted by Gasteiger charge is -2.10. The zero-order chi connectivity index (χ0) is 21.9. The van der Waals surface area contributed by atoms with Gasteiger partial charge in [-0.05, 0) is 22.4 Å². The first-order valence-electron chi connectivity index (χ1n) is 9.52. The van der Waals surface area contributed by atoms with Gasteiger partial charge in [0.2, 0.25) is 0 Å². The van der Waals surface area contributed by atoms with Crippen molar-refractivity contribution in [1.29, 1.82) is 0 Å². The van der Waals surface area contributed by atoms with E-state index in [4.69, 9.17) is 15.9 Å². The number of carbonyl (C=O) groups excluding carboxylic acids is 2. The zero-order valence-electron chi connectivity index (χ0n) is 16.7. The van der Waals surface area contributed by atoms with Gasteiger partial charge in [-0.25, -0.2) is 10.2 Å². The number of hydrogen-bond donors (Lipinski definition) is 2. The molecule has 2 amide bonds. The molecule has 0 heterocycles. The van der Waals surface area contributed by atoms with Crippen molar-refractivity contribution in [2.24, 2.45) is 5.10 Å². The Labute approximate surface area is 180 Å². The van der Waals surface area contributed by atoms with Gasteiger partial charge in [0.05, 0.1) is 6.21 Å². The van der Waals surface area contributed by atoms with Crippen molar-refractivity contribution in [3.63, 3.8) is 0 Å². The van der Waals surface area contributed by atoms with E-state index < -0.39 is 12.0 Å². The molecule has 0 aliphatic carbocycles. The maximum atomic E-state index is 12.0.